The summed E-state index contributed by atoms with van der Waals surface area (Å²) in [5.41, 5.74) is 1.80. The summed E-state index contributed by atoms with van der Waals surface area (Å²) >= 11 is 0. The Labute approximate surface area is 148 Å². The summed E-state index contributed by atoms with van der Waals surface area (Å²) in [5, 5.41) is 23.6. The van der Waals surface area contributed by atoms with E-state index < -0.39 is 6.10 Å². The number of nitrogens with one attached hydrogen (secondary N) is 1. The third-order valence-corrected chi connectivity index (χ3v) is 4.89. The highest BCUT2D eigenvalue weighted by atomic mass is 16.3. The van der Waals surface area contributed by atoms with Gasteiger partial charge in [-0.15, -0.1) is 0 Å². The molecule has 0 aliphatic heterocycles. The lowest BCUT2D eigenvalue weighted by atomic mass is 9.88. The first kappa shape index (κ1) is 17.9. The molecule has 3 N–H and O–H groups in total. The Morgan fingerprint density at radius 3 is 2.76 bits per heavy atom. The van der Waals surface area contributed by atoms with Gasteiger partial charge in [0.15, 0.2) is 5.82 Å². The highest BCUT2D eigenvalue weighted by Crippen LogP contribution is 2.35. The van der Waals surface area contributed by atoms with Gasteiger partial charge < -0.3 is 15.5 Å². The molecule has 0 aromatic carbocycles. The van der Waals surface area contributed by atoms with E-state index in [-0.39, 0.29) is 24.5 Å². The number of nitrogens with zero attached hydrogens (tertiary/aromatic N) is 3. The molecule has 0 radical (unpaired) electrons. The Kier molecular flexibility index (Phi) is 5.73. The molecule has 25 heavy (non-hydrogen) atoms. The van der Waals surface area contributed by atoms with Crippen LogP contribution in [-0.2, 0) is 6.42 Å². The Morgan fingerprint density at radius 2 is 2.08 bits per heavy atom. The van der Waals surface area contributed by atoms with E-state index in [4.69, 9.17) is 0 Å². The lowest BCUT2D eigenvalue weighted by Gasteiger charge is -2.26. The van der Waals surface area contributed by atoms with Gasteiger partial charge in [-0.3, -0.25) is 4.98 Å². The first-order chi connectivity index (χ1) is 12.1. The fourth-order valence-electron chi connectivity index (χ4n) is 3.75. The molecule has 6 heteroatoms. The van der Waals surface area contributed by atoms with Crippen LogP contribution in [-0.4, -0.2) is 50.0 Å². The van der Waals surface area contributed by atoms with Crippen molar-refractivity contribution >= 4 is 0 Å². The van der Waals surface area contributed by atoms with Crippen molar-refractivity contribution in [2.45, 2.75) is 44.9 Å². The van der Waals surface area contributed by atoms with Crippen LogP contribution in [0.5, 0.6) is 0 Å². The van der Waals surface area contributed by atoms with E-state index in [9.17, 15) is 10.2 Å². The van der Waals surface area contributed by atoms with E-state index in [1.54, 1.807) is 18.6 Å². The summed E-state index contributed by atoms with van der Waals surface area (Å²) in [6, 6.07) is 6.21. The molecular formula is C19H26N4O2. The zero-order chi connectivity index (χ0) is 17.8. The Morgan fingerprint density at radius 1 is 1.24 bits per heavy atom. The van der Waals surface area contributed by atoms with Crippen molar-refractivity contribution < 1.29 is 10.2 Å². The molecule has 3 rings (SSSR count). The minimum Gasteiger partial charge on any atom is -0.396 e. The summed E-state index contributed by atoms with van der Waals surface area (Å²) in [5.74, 6) is 0.658. The zero-order valence-corrected chi connectivity index (χ0v) is 14.7. The SMILES string of the molecule is CC(C)N[C@@H]1C[C@@H](O)[C@H](CO)[C@H]1Cc1ccnc(-c2cccnc2)n1. The van der Waals surface area contributed by atoms with Gasteiger partial charge in [0.25, 0.3) is 0 Å². The fourth-order valence-corrected chi connectivity index (χ4v) is 3.75. The molecule has 2 aromatic heterocycles. The average Bonchev–Trinajstić information content (AvgIpc) is 2.89. The van der Waals surface area contributed by atoms with Crippen molar-refractivity contribution in [1.29, 1.82) is 0 Å². The lowest BCUT2D eigenvalue weighted by molar-refractivity contribution is 0.0715. The van der Waals surface area contributed by atoms with Gasteiger partial charge >= 0.3 is 0 Å². The third-order valence-electron chi connectivity index (χ3n) is 4.89. The van der Waals surface area contributed by atoms with E-state index in [1.165, 1.54) is 0 Å². The van der Waals surface area contributed by atoms with Crippen LogP contribution in [0.3, 0.4) is 0 Å². The molecule has 6 nitrogen and oxygen atoms in total. The smallest absolute Gasteiger partial charge is 0.160 e. The number of hydrogen-bond donors (Lipinski definition) is 3. The minimum atomic E-state index is -0.481. The lowest BCUT2D eigenvalue weighted by Crippen LogP contribution is -2.40. The van der Waals surface area contributed by atoms with Crippen molar-refractivity contribution in [2.24, 2.45) is 11.8 Å². The van der Waals surface area contributed by atoms with Crippen LogP contribution in [0.2, 0.25) is 0 Å². The van der Waals surface area contributed by atoms with Gasteiger partial charge in [0.05, 0.1) is 6.10 Å². The molecule has 0 spiro atoms. The third kappa shape index (κ3) is 4.21. The van der Waals surface area contributed by atoms with Crippen LogP contribution in [0.1, 0.15) is 26.0 Å². The topological polar surface area (TPSA) is 91.2 Å². The maximum Gasteiger partial charge on any atom is 0.160 e. The Bertz CT molecular complexity index is 680. The predicted molar refractivity (Wildman–Crippen MR) is 95.7 cm³/mol. The quantitative estimate of drug-likeness (QED) is 0.736. The summed E-state index contributed by atoms with van der Waals surface area (Å²) in [7, 11) is 0. The van der Waals surface area contributed by atoms with Gasteiger partial charge in [-0.2, -0.15) is 0 Å². The van der Waals surface area contributed by atoms with E-state index >= 15 is 0 Å². The van der Waals surface area contributed by atoms with Crippen molar-refractivity contribution in [2.75, 3.05) is 6.61 Å². The van der Waals surface area contributed by atoms with Crippen LogP contribution in [0.4, 0.5) is 0 Å². The van der Waals surface area contributed by atoms with Crippen molar-refractivity contribution in [3.05, 3.63) is 42.5 Å². The van der Waals surface area contributed by atoms with Gasteiger partial charge in [0.1, 0.15) is 0 Å². The minimum absolute atomic E-state index is 0.0113. The summed E-state index contributed by atoms with van der Waals surface area (Å²) in [4.78, 5) is 13.1. The molecule has 0 unspecified atom stereocenters. The molecule has 2 aromatic rings. The molecule has 1 fully saturated rings. The van der Waals surface area contributed by atoms with Crippen molar-refractivity contribution in [3.8, 4) is 11.4 Å². The standard InChI is InChI=1S/C19H26N4O2/c1-12(2)22-17-9-18(25)16(11-24)15(17)8-14-5-7-21-19(23-14)13-4-3-6-20-10-13/h3-7,10,12,15-18,22,24-25H,8-9,11H2,1-2H3/t15-,16-,17-,18-/m1/s1. The second-order valence-corrected chi connectivity index (χ2v) is 7.06. The fraction of sp³-hybridized carbons (Fsp3) is 0.526. The summed E-state index contributed by atoms with van der Waals surface area (Å²) in [6.07, 6.45) is 6.11. The molecule has 2 heterocycles. The Hall–Kier alpha value is -1.89. The first-order valence-electron chi connectivity index (χ1n) is 8.85. The number of aromatic nitrogens is 3. The van der Waals surface area contributed by atoms with E-state index in [2.05, 4.69) is 34.1 Å². The molecule has 134 valence electrons. The van der Waals surface area contributed by atoms with Gasteiger partial charge in [-0.25, -0.2) is 9.97 Å². The van der Waals surface area contributed by atoms with Crippen LogP contribution in [0.25, 0.3) is 11.4 Å². The van der Waals surface area contributed by atoms with E-state index in [0.29, 0.717) is 24.7 Å². The maximum absolute atomic E-state index is 10.3. The largest absolute Gasteiger partial charge is 0.396 e. The number of aliphatic hydroxyl groups excluding tert-OH is 2. The molecule has 4 atom stereocenters. The van der Waals surface area contributed by atoms with Crippen molar-refractivity contribution in [3.63, 3.8) is 0 Å². The molecule has 1 aliphatic rings. The average molecular weight is 342 g/mol. The number of rotatable bonds is 6. The molecule has 0 amide bonds. The van der Waals surface area contributed by atoms with Crippen LogP contribution < -0.4 is 5.32 Å². The number of aliphatic hydroxyl groups is 2. The van der Waals surface area contributed by atoms with E-state index in [0.717, 1.165) is 11.3 Å². The predicted octanol–water partition coefficient (Wildman–Crippen LogP) is 1.44. The van der Waals surface area contributed by atoms with Gasteiger partial charge in [-0.05, 0) is 37.0 Å². The van der Waals surface area contributed by atoms with E-state index in [1.807, 2.05) is 18.2 Å². The summed E-state index contributed by atoms with van der Waals surface area (Å²) < 4.78 is 0. The van der Waals surface area contributed by atoms with Crippen LogP contribution in [0, 0.1) is 11.8 Å². The number of pyridine rings is 1. The second-order valence-electron chi connectivity index (χ2n) is 7.06. The van der Waals surface area contributed by atoms with Gasteiger partial charge in [0, 0.05) is 54.5 Å². The monoisotopic (exact) mass is 342 g/mol. The first-order valence-corrected chi connectivity index (χ1v) is 8.85. The Balaban J connectivity index is 1.82. The van der Waals surface area contributed by atoms with Crippen LogP contribution in [0.15, 0.2) is 36.8 Å². The van der Waals surface area contributed by atoms with Gasteiger partial charge in [0.2, 0.25) is 0 Å². The maximum atomic E-state index is 10.3. The number of hydrogen-bond acceptors (Lipinski definition) is 6. The molecular weight excluding hydrogens is 316 g/mol. The molecule has 1 aliphatic carbocycles. The van der Waals surface area contributed by atoms with Gasteiger partial charge in [-0.1, -0.05) is 13.8 Å². The highest BCUT2D eigenvalue weighted by Gasteiger charge is 2.42. The molecule has 1 saturated carbocycles. The van der Waals surface area contributed by atoms with Crippen molar-refractivity contribution in [1.82, 2.24) is 20.3 Å². The highest BCUT2D eigenvalue weighted by molar-refractivity contribution is 5.52. The molecule has 0 bridgehead atoms. The normalized spacial score (nSPS) is 26.3. The summed E-state index contributed by atoms with van der Waals surface area (Å²) in [6.45, 7) is 4.18. The second kappa shape index (κ2) is 7.99. The van der Waals surface area contributed by atoms with Crippen LogP contribution >= 0.6 is 0 Å². The molecule has 0 saturated heterocycles. The zero-order valence-electron chi connectivity index (χ0n) is 14.7.